The number of thiazole rings is 1. The number of hydrogen-bond acceptors (Lipinski definition) is 4. The van der Waals surface area contributed by atoms with Gasteiger partial charge in [0.25, 0.3) is 0 Å². The lowest BCUT2D eigenvalue weighted by molar-refractivity contribution is 0.738. The van der Waals surface area contributed by atoms with E-state index in [4.69, 9.17) is 10.7 Å². The largest absolute Gasteiger partial charge is 0.330 e. The third-order valence-electron chi connectivity index (χ3n) is 3.54. The van der Waals surface area contributed by atoms with Crippen molar-refractivity contribution in [3.63, 3.8) is 0 Å². The smallest absolute Gasteiger partial charge is 0.0949 e. The highest BCUT2D eigenvalue weighted by Crippen LogP contribution is 2.43. The lowest BCUT2D eigenvalue weighted by Gasteiger charge is -2.07. The molecule has 0 bridgehead atoms. The summed E-state index contributed by atoms with van der Waals surface area (Å²) in [6, 6.07) is 4.30. The summed E-state index contributed by atoms with van der Waals surface area (Å²) in [6.45, 7) is 0.696. The fourth-order valence-corrected chi connectivity index (χ4v) is 4.72. The highest BCUT2D eigenvalue weighted by molar-refractivity contribution is 7.15. The summed E-state index contributed by atoms with van der Waals surface area (Å²) in [5.41, 5.74) is 6.90. The fourth-order valence-electron chi connectivity index (χ4n) is 2.66. The van der Waals surface area contributed by atoms with Gasteiger partial charge in [-0.15, -0.1) is 22.7 Å². The molecule has 3 rings (SSSR count). The zero-order valence-corrected chi connectivity index (χ0v) is 12.0. The van der Waals surface area contributed by atoms with Crippen molar-refractivity contribution in [3.05, 3.63) is 27.4 Å². The van der Waals surface area contributed by atoms with Crippen molar-refractivity contribution < 1.29 is 0 Å². The van der Waals surface area contributed by atoms with E-state index >= 15 is 0 Å². The molecule has 0 saturated heterocycles. The van der Waals surface area contributed by atoms with E-state index in [1.54, 1.807) is 11.3 Å². The minimum atomic E-state index is 0.696. The average Bonchev–Trinajstić information content (AvgIpc) is 3.11. The van der Waals surface area contributed by atoms with Gasteiger partial charge < -0.3 is 5.73 Å². The molecule has 2 aromatic rings. The first-order valence-corrected chi connectivity index (χ1v) is 8.31. The van der Waals surface area contributed by atoms with Gasteiger partial charge in [-0.1, -0.05) is 18.9 Å². The monoisotopic (exact) mass is 278 g/mol. The molecule has 2 heterocycles. The van der Waals surface area contributed by atoms with Gasteiger partial charge >= 0.3 is 0 Å². The number of rotatable bonds is 4. The topological polar surface area (TPSA) is 38.9 Å². The molecule has 0 aromatic carbocycles. The van der Waals surface area contributed by atoms with Crippen LogP contribution in [0.2, 0.25) is 0 Å². The quantitative estimate of drug-likeness (QED) is 0.917. The van der Waals surface area contributed by atoms with Crippen molar-refractivity contribution in [2.24, 2.45) is 5.73 Å². The van der Waals surface area contributed by atoms with Gasteiger partial charge in [-0.25, -0.2) is 4.98 Å². The Bertz CT molecular complexity index is 496. The van der Waals surface area contributed by atoms with Gasteiger partial charge in [-0.3, -0.25) is 0 Å². The van der Waals surface area contributed by atoms with Crippen LogP contribution in [-0.4, -0.2) is 11.5 Å². The highest BCUT2D eigenvalue weighted by atomic mass is 32.1. The van der Waals surface area contributed by atoms with Crippen LogP contribution in [0.5, 0.6) is 0 Å². The Balaban J connectivity index is 1.99. The average molecular weight is 278 g/mol. The Labute approximate surface area is 116 Å². The van der Waals surface area contributed by atoms with E-state index in [1.807, 2.05) is 11.3 Å². The molecule has 4 heteroatoms. The van der Waals surface area contributed by atoms with Gasteiger partial charge in [0, 0.05) is 11.3 Å². The van der Waals surface area contributed by atoms with Gasteiger partial charge in [0.15, 0.2) is 0 Å². The van der Waals surface area contributed by atoms with E-state index < -0.39 is 0 Å². The first kappa shape index (κ1) is 12.3. The van der Waals surface area contributed by atoms with Crippen molar-refractivity contribution in [2.75, 3.05) is 6.54 Å². The normalized spacial score (nSPS) is 16.5. The molecule has 0 radical (unpaired) electrons. The predicted molar refractivity (Wildman–Crippen MR) is 79.4 cm³/mol. The summed E-state index contributed by atoms with van der Waals surface area (Å²) in [5.74, 6) is 0.742. The van der Waals surface area contributed by atoms with E-state index in [1.165, 1.54) is 46.1 Å². The fraction of sp³-hybridized carbons (Fsp3) is 0.500. The lowest BCUT2D eigenvalue weighted by Crippen LogP contribution is -2.01. The molecule has 0 spiro atoms. The summed E-state index contributed by atoms with van der Waals surface area (Å²) in [5, 5.41) is 3.35. The number of nitrogens with zero attached hydrogens (tertiary/aromatic N) is 1. The molecular weight excluding hydrogens is 260 g/mol. The van der Waals surface area contributed by atoms with Gasteiger partial charge in [0.1, 0.15) is 0 Å². The van der Waals surface area contributed by atoms with Crippen LogP contribution in [0.3, 0.4) is 0 Å². The second kappa shape index (κ2) is 5.51. The molecule has 1 fully saturated rings. The minimum absolute atomic E-state index is 0.696. The maximum Gasteiger partial charge on any atom is 0.0949 e. The Kier molecular flexibility index (Phi) is 3.77. The van der Waals surface area contributed by atoms with Gasteiger partial charge in [-0.05, 0) is 36.8 Å². The second-order valence-corrected chi connectivity index (χ2v) is 6.88. The zero-order chi connectivity index (χ0) is 12.4. The van der Waals surface area contributed by atoms with Crippen LogP contribution >= 0.6 is 22.7 Å². The van der Waals surface area contributed by atoms with E-state index in [-0.39, 0.29) is 0 Å². The van der Waals surface area contributed by atoms with E-state index in [0.29, 0.717) is 6.54 Å². The minimum Gasteiger partial charge on any atom is -0.330 e. The predicted octanol–water partition coefficient (Wildman–Crippen LogP) is 4.03. The number of hydrogen-bond donors (Lipinski definition) is 1. The third kappa shape index (κ3) is 2.37. The Morgan fingerprint density at radius 1 is 1.33 bits per heavy atom. The molecule has 0 amide bonds. The van der Waals surface area contributed by atoms with E-state index in [2.05, 4.69) is 17.5 Å². The highest BCUT2D eigenvalue weighted by Gasteiger charge is 2.24. The molecule has 1 aliphatic carbocycles. The third-order valence-corrected chi connectivity index (χ3v) is 5.69. The van der Waals surface area contributed by atoms with Crippen molar-refractivity contribution >= 4 is 22.7 Å². The lowest BCUT2D eigenvalue weighted by atomic mass is 10.0. The van der Waals surface area contributed by atoms with Crippen LogP contribution in [0.15, 0.2) is 17.5 Å². The van der Waals surface area contributed by atoms with Crippen molar-refractivity contribution in [1.82, 2.24) is 4.98 Å². The molecular formula is C14H18N2S2. The molecule has 2 N–H and O–H groups in total. The van der Waals surface area contributed by atoms with E-state index in [9.17, 15) is 0 Å². The molecule has 2 nitrogen and oxygen atoms in total. The molecule has 1 saturated carbocycles. The maximum absolute atomic E-state index is 5.66. The summed E-state index contributed by atoms with van der Waals surface area (Å²) >= 11 is 3.69. The molecule has 0 aliphatic heterocycles. The van der Waals surface area contributed by atoms with Crippen LogP contribution in [0, 0.1) is 0 Å². The Morgan fingerprint density at radius 3 is 2.83 bits per heavy atom. The van der Waals surface area contributed by atoms with Crippen LogP contribution in [0.1, 0.15) is 41.5 Å². The molecule has 2 aromatic heterocycles. The summed E-state index contributed by atoms with van der Waals surface area (Å²) in [4.78, 5) is 7.66. The second-order valence-electron chi connectivity index (χ2n) is 4.82. The van der Waals surface area contributed by atoms with Crippen molar-refractivity contribution in [3.8, 4) is 10.6 Å². The summed E-state index contributed by atoms with van der Waals surface area (Å²) < 4.78 is 0. The van der Waals surface area contributed by atoms with Gasteiger partial charge in [-0.2, -0.15) is 0 Å². The number of aromatic nitrogens is 1. The van der Waals surface area contributed by atoms with Crippen molar-refractivity contribution in [1.29, 1.82) is 0 Å². The summed E-state index contributed by atoms with van der Waals surface area (Å²) in [6.07, 6.45) is 6.33. The Morgan fingerprint density at radius 2 is 2.17 bits per heavy atom. The molecule has 1 aliphatic rings. The molecule has 0 unspecified atom stereocenters. The molecule has 0 atom stereocenters. The SMILES string of the molecule is NCCc1nc(-c2cccs2)c(C2CCCC2)s1. The van der Waals surface area contributed by atoms with Crippen molar-refractivity contribution in [2.45, 2.75) is 38.0 Å². The number of nitrogens with two attached hydrogens (primary N) is 1. The first-order valence-electron chi connectivity index (χ1n) is 6.62. The van der Waals surface area contributed by atoms with Crippen LogP contribution in [0.25, 0.3) is 10.6 Å². The Hall–Kier alpha value is -0.710. The van der Waals surface area contributed by atoms with Crippen LogP contribution in [-0.2, 0) is 6.42 Å². The van der Waals surface area contributed by atoms with Crippen LogP contribution < -0.4 is 5.73 Å². The van der Waals surface area contributed by atoms with Crippen LogP contribution in [0.4, 0.5) is 0 Å². The standard InChI is InChI=1S/C14H18N2S2/c15-8-7-12-16-13(11-6-3-9-17-11)14(18-12)10-4-1-2-5-10/h3,6,9-10H,1-2,4-5,7-8,15H2. The zero-order valence-electron chi connectivity index (χ0n) is 10.4. The number of thiophene rings is 1. The van der Waals surface area contributed by atoms with Gasteiger partial charge in [0.2, 0.25) is 0 Å². The molecule has 96 valence electrons. The maximum atomic E-state index is 5.66. The summed E-state index contributed by atoms with van der Waals surface area (Å²) in [7, 11) is 0. The first-order chi connectivity index (χ1) is 8.88. The van der Waals surface area contributed by atoms with Gasteiger partial charge in [0.05, 0.1) is 15.6 Å². The van der Waals surface area contributed by atoms with E-state index in [0.717, 1.165) is 12.3 Å². The molecule has 18 heavy (non-hydrogen) atoms.